The number of carboxylic acid groups (broad SMARTS) is 1. The summed E-state index contributed by atoms with van der Waals surface area (Å²) in [6.45, 7) is 3.71. The Balaban J connectivity index is 0.00000225. The van der Waals surface area contributed by atoms with Crippen molar-refractivity contribution in [3.63, 3.8) is 0 Å². The van der Waals surface area contributed by atoms with Crippen LogP contribution in [0.3, 0.4) is 0 Å². The zero-order chi connectivity index (χ0) is 11.4. The molecule has 0 spiro atoms. The van der Waals surface area contributed by atoms with Crippen LogP contribution >= 0.6 is 12.4 Å². The van der Waals surface area contributed by atoms with Crippen LogP contribution in [0.1, 0.15) is 13.8 Å². The summed E-state index contributed by atoms with van der Waals surface area (Å²) in [7, 11) is 0. The fourth-order valence-corrected chi connectivity index (χ4v) is 1.35. The summed E-state index contributed by atoms with van der Waals surface area (Å²) >= 11 is 0. The number of carboxylic acids is 1. The number of rotatable bonds is 4. The summed E-state index contributed by atoms with van der Waals surface area (Å²) in [6, 6.07) is 5.88. The minimum Gasteiger partial charge on any atom is -0.480 e. The Morgan fingerprint density at radius 3 is 2.25 bits per heavy atom. The third-order valence-corrected chi connectivity index (χ3v) is 2.09. The van der Waals surface area contributed by atoms with Crippen molar-refractivity contribution in [3.05, 3.63) is 30.1 Å². The Morgan fingerprint density at radius 1 is 1.38 bits per heavy atom. The molecular weight excluding hydrogens is 233 g/mol. The molecule has 0 saturated carbocycles. The Labute approximate surface area is 100 Å². The number of carbonyl (C=O) groups is 1. The van der Waals surface area contributed by atoms with Gasteiger partial charge in [0.05, 0.1) is 0 Å². The lowest BCUT2D eigenvalue weighted by Crippen LogP contribution is -2.35. The maximum Gasteiger partial charge on any atom is 0.323 e. The molecule has 0 amide bonds. The van der Waals surface area contributed by atoms with E-state index in [0.29, 0.717) is 5.69 Å². The molecule has 0 saturated heterocycles. The fraction of sp³-hybridized carbons (Fsp3) is 0.364. The van der Waals surface area contributed by atoms with Gasteiger partial charge < -0.3 is 10.0 Å². The molecule has 3 nitrogen and oxygen atoms in total. The average Bonchev–Trinajstić information content (AvgIpc) is 2.15. The molecule has 0 aromatic heterocycles. The second-order valence-corrected chi connectivity index (χ2v) is 3.59. The Morgan fingerprint density at radius 2 is 1.88 bits per heavy atom. The number of halogens is 2. The van der Waals surface area contributed by atoms with Gasteiger partial charge in [0.15, 0.2) is 0 Å². The van der Waals surface area contributed by atoms with Crippen molar-refractivity contribution < 1.29 is 14.3 Å². The highest BCUT2D eigenvalue weighted by molar-refractivity contribution is 5.85. The summed E-state index contributed by atoms with van der Waals surface area (Å²) in [4.78, 5) is 12.3. The van der Waals surface area contributed by atoms with E-state index in [-0.39, 0.29) is 30.8 Å². The van der Waals surface area contributed by atoms with E-state index in [0.717, 1.165) is 0 Å². The first-order chi connectivity index (χ1) is 7.00. The first-order valence-corrected chi connectivity index (χ1v) is 4.74. The van der Waals surface area contributed by atoms with E-state index in [1.54, 1.807) is 17.0 Å². The predicted octanol–water partition coefficient (Wildman–Crippen LogP) is 2.55. The van der Waals surface area contributed by atoms with Crippen LogP contribution in [0.2, 0.25) is 0 Å². The quantitative estimate of drug-likeness (QED) is 0.889. The van der Waals surface area contributed by atoms with Gasteiger partial charge >= 0.3 is 5.97 Å². The molecule has 0 bridgehead atoms. The van der Waals surface area contributed by atoms with Gasteiger partial charge in [-0.2, -0.15) is 0 Å². The van der Waals surface area contributed by atoms with Crippen molar-refractivity contribution in [2.75, 3.05) is 11.4 Å². The number of aliphatic carboxylic acids is 1. The maximum absolute atomic E-state index is 12.7. The summed E-state index contributed by atoms with van der Waals surface area (Å²) in [5.74, 6) is -1.22. The van der Waals surface area contributed by atoms with Crippen LogP contribution in [0, 0.1) is 5.82 Å². The van der Waals surface area contributed by atoms with Gasteiger partial charge in [0, 0.05) is 11.7 Å². The molecule has 0 unspecified atom stereocenters. The van der Waals surface area contributed by atoms with Crippen LogP contribution in [0.5, 0.6) is 0 Å². The van der Waals surface area contributed by atoms with Crippen LogP contribution in [0.4, 0.5) is 10.1 Å². The van der Waals surface area contributed by atoms with E-state index in [4.69, 9.17) is 5.11 Å². The van der Waals surface area contributed by atoms with Gasteiger partial charge in [-0.1, -0.05) is 0 Å². The van der Waals surface area contributed by atoms with Gasteiger partial charge in [-0.3, -0.25) is 4.79 Å². The molecular formula is C11H15ClFNO2. The second-order valence-electron chi connectivity index (χ2n) is 3.59. The number of nitrogens with zero attached hydrogens (tertiary/aromatic N) is 1. The topological polar surface area (TPSA) is 40.5 Å². The Bertz CT molecular complexity index is 340. The number of benzene rings is 1. The van der Waals surface area contributed by atoms with Crippen molar-refractivity contribution in [3.8, 4) is 0 Å². The van der Waals surface area contributed by atoms with Crippen LogP contribution < -0.4 is 4.90 Å². The maximum atomic E-state index is 12.7. The van der Waals surface area contributed by atoms with Gasteiger partial charge in [0.25, 0.3) is 0 Å². The molecule has 0 radical (unpaired) electrons. The van der Waals surface area contributed by atoms with E-state index < -0.39 is 5.97 Å². The lowest BCUT2D eigenvalue weighted by Gasteiger charge is -2.27. The average molecular weight is 248 g/mol. The fourth-order valence-electron chi connectivity index (χ4n) is 1.35. The van der Waals surface area contributed by atoms with Crippen molar-refractivity contribution in [1.82, 2.24) is 0 Å². The lowest BCUT2D eigenvalue weighted by atomic mass is 10.2. The second kappa shape index (κ2) is 6.33. The van der Waals surface area contributed by atoms with E-state index in [2.05, 4.69) is 0 Å². The summed E-state index contributed by atoms with van der Waals surface area (Å²) in [5.41, 5.74) is 0.716. The molecule has 1 N–H and O–H groups in total. The normalized spacial score (nSPS) is 9.75. The molecule has 1 aromatic carbocycles. The third kappa shape index (κ3) is 4.06. The lowest BCUT2D eigenvalue weighted by molar-refractivity contribution is -0.135. The molecule has 90 valence electrons. The van der Waals surface area contributed by atoms with Crippen LogP contribution in [0.15, 0.2) is 24.3 Å². The Hall–Kier alpha value is -1.29. The van der Waals surface area contributed by atoms with E-state index >= 15 is 0 Å². The molecule has 0 aliphatic rings. The van der Waals surface area contributed by atoms with E-state index in [1.165, 1.54) is 12.1 Å². The minimum atomic E-state index is -0.895. The van der Waals surface area contributed by atoms with Crippen molar-refractivity contribution >= 4 is 24.1 Å². The predicted molar refractivity (Wildman–Crippen MR) is 63.8 cm³/mol. The highest BCUT2D eigenvalue weighted by Crippen LogP contribution is 2.17. The Kier molecular flexibility index (Phi) is 5.82. The number of hydrogen-bond acceptors (Lipinski definition) is 2. The molecule has 0 fully saturated rings. The number of hydrogen-bond donors (Lipinski definition) is 1. The largest absolute Gasteiger partial charge is 0.480 e. The molecule has 1 rings (SSSR count). The van der Waals surface area contributed by atoms with Gasteiger partial charge in [0.2, 0.25) is 0 Å². The van der Waals surface area contributed by atoms with Crippen LogP contribution in [-0.4, -0.2) is 23.7 Å². The molecule has 5 heteroatoms. The van der Waals surface area contributed by atoms with Crippen molar-refractivity contribution in [2.24, 2.45) is 0 Å². The van der Waals surface area contributed by atoms with Crippen molar-refractivity contribution in [2.45, 2.75) is 19.9 Å². The van der Waals surface area contributed by atoms with Crippen molar-refractivity contribution in [1.29, 1.82) is 0 Å². The minimum absolute atomic E-state index is 0. The first kappa shape index (κ1) is 14.7. The molecule has 0 atom stereocenters. The molecule has 0 aliphatic heterocycles. The summed E-state index contributed by atoms with van der Waals surface area (Å²) in [6.07, 6.45) is 0. The van der Waals surface area contributed by atoms with Gasteiger partial charge in [-0.25, -0.2) is 4.39 Å². The summed E-state index contributed by atoms with van der Waals surface area (Å²) < 4.78 is 12.7. The van der Waals surface area contributed by atoms with Gasteiger partial charge in [0.1, 0.15) is 12.4 Å². The highest BCUT2D eigenvalue weighted by Gasteiger charge is 2.13. The summed E-state index contributed by atoms with van der Waals surface area (Å²) in [5, 5.41) is 8.73. The first-order valence-electron chi connectivity index (χ1n) is 4.74. The third-order valence-electron chi connectivity index (χ3n) is 2.09. The molecule has 0 heterocycles. The number of anilines is 1. The van der Waals surface area contributed by atoms with Gasteiger partial charge in [-0.15, -0.1) is 12.4 Å². The molecule has 0 aliphatic carbocycles. The zero-order valence-corrected chi connectivity index (χ0v) is 10.00. The zero-order valence-electron chi connectivity index (χ0n) is 9.18. The smallest absolute Gasteiger partial charge is 0.323 e. The van der Waals surface area contributed by atoms with E-state index in [9.17, 15) is 9.18 Å². The monoisotopic (exact) mass is 247 g/mol. The van der Waals surface area contributed by atoms with Crippen LogP contribution in [0.25, 0.3) is 0 Å². The van der Waals surface area contributed by atoms with Crippen LogP contribution in [-0.2, 0) is 4.79 Å². The highest BCUT2D eigenvalue weighted by atomic mass is 35.5. The van der Waals surface area contributed by atoms with E-state index in [1.807, 2.05) is 13.8 Å². The SMILES string of the molecule is CC(C)N(CC(=O)O)c1ccc(F)cc1.Cl. The van der Waals surface area contributed by atoms with Gasteiger partial charge in [-0.05, 0) is 38.1 Å². The molecule has 16 heavy (non-hydrogen) atoms. The molecule has 1 aromatic rings. The standard InChI is InChI=1S/C11H14FNO2.ClH/c1-8(2)13(7-11(14)15)10-5-3-9(12)4-6-10;/h3-6,8H,7H2,1-2H3,(H,14,15);1H.